The highest BCUT2D eigenvalue weighted by molar-refractivity contribution is 5.93. The molecule has 0 amide bonds. The van der Waals surface area contributed by atoms with Crippen molar-refractivity contribution in [1.29, 1.82) is 0 Å². The molecule has 5 rings (SSSR count). The average Bonchev–Trinajstić information content (AvgIpc) is 3.54. The molecule has 0 spiro atoms. The molecule has 1 aliphatic rings. The number of aromatic nitrogens is 6. The monoisotopic (exact) mass is 509 g/mol. The number of aryl methyl sites for hydroxylation is 1. The Morgan fingerprint density at radius 2 is 2.00 bits per heavy atom. The van der Waals surface area contributed by atoms with Gasteiger partial charge >= 0.3 is 0 Å². The highest BCUT2D eigenvalue weighted by atomic mass is 19.1. The number of aromatic amines is 2. The molecule has 10 nitrogen and oxygen atoms in total. The molecular formula is C26H32FN7O3. The number of ether oxygens (including phenoxy) is 1. The van der Waals surface area contributed by atoms with Gasteiger partial charge in [-0.05, 0) is 51.1 Å². The zero-order valence-electron chi connectivity index (χ0n) is 21.1. The normalized spacial score (nSPS) is 14.8. The van der Waals surface area contributed by atoms with Gasteiger partial charge < -0.3 is 14.9 Å². The zero-order valence-corrected chi connectivity index (χ0v) is 21.1. The van der Waals surface area contributed by atoms with E-state index in [9.17, 15) is 14.3 Å². The minimum Gasteiger partial charge on any atom is -0.476 e. The second-order valence-corrected chi connectivity index (χ2v) is 9.25. The number of aliphatic hydroxyl groups is 1. The quantitative estimate of drug-likeness (QED) is 0.319. The molecule has 0 atom stereocenters. The molecule has 1 fully saturated rings. The lowest BCUT2D eigenvalue weighted by molar-refractivity contribution is 0.210. The van der Waals surface area contributed by atoms with E-state index in [4.69, 9.17) is 4.74 Å². The van der Waals surface area contributed by atoms with Gasteiger partial charge in [0.1, 0.15) is 5.82 Å². The zero-order chi connectivity index (χ0) is 25.9. The van der Waals surface area contributed by atoms with E-state index < -0.39 is 5.82 Å². The van der Waals surface area contributed by atoms with Gasteiger partial charge in [-0.3, -0.25) is 24.2 Å². The minimum absolute atomic E-state index is 0.0274. The maximum absolute atomic E-state index is 14.9. The van der Waals surface area contributed by atoms with Crippen molar-refractivity contribution in [1.82, 2.24) is 34.7 Å². The molecule has 3 N–H and O–H groups in total. The van der Waals surface area contributed by atoms with Crippen molar-refractivity contribution in [2.45, 2.75) is 39.3 Å². The number of piperidine rings is 1. The predicted molar refractivity (Wildman–Crippen MR) is 140 cm³/mol. The van der Waals surface area contributed by atoms with Crippen LogP contribution in [0.3, 0.4) is 0 Å². The standard InChI is InChI=1S/C26H32FN7O3/c1-3-37-25-17(24(34(31-25)11-12-35)16-33-9-5-4-6-10-33)7-8-22-19-13-18(20-15-28-32(2)26(20)36)21(27)14-23(19)30-29-22/h7-8,13-15,28,35H,3-6,9-12,16H2,1-2H3,(H,29,30)/b8-7+. The molecule has 1 aromatic carbocycles. The van der Waals surface area contributed by atoms with Gasteiger partial charge in [0.2, 0.25) is 5.88 Å². The molecule has 0 saturated carbocycles. The number of nitrogens with zero attached hydrogens (tertiary/aromatic N) is 5. The lowest BCUT2D eigenvalue weighted by Crippen LogP contribution is -2.30. The summed E-state index contributed by atoms with van der Waals surface area (Å²) in [5.41, 5.74) is 3.09. The molecule has 4 heterocycles. The fourth-order valence-corrected chi connectivity index (χ4v) is 4.88. The van der Waals surface area contributed by atoms with Crippen LogP contribution in [0.4, 0.5) is 4.39 Å². The number of nitrogens with one attached hydrogen (secondary N) is 2. The Morgan fingerprint density at radius 3 is 2.70 bits per heavy atom. The van der Waals surface area contributed by atoms with Crippen LogP contribution in [0.1, 0.15) is 43.1 Å². The second-order valence-electron chi connectivity index (χ2n) is 9.25. The van der Waals surface area contributed by atoms with Gasteiger partial charge in [-0.25, -0.2) is 4.39 Å². The number of hydrogen-bond donors (Lipinski definition) is 3. The molecule has 196 valence electrons. The Morgan fingerprint density at radius 1 is 1.19 bits per heavy atom. The smallest absolute Gasteiger partial charge is 0.274 e. The van der Waals surface area contributed by atoms with E-state index in [-0.39, 0.29) is 23.3 Å². The number of hydrogen-bond acceptors (Lipinski definition) is 6. The molecule has 0 bridgehead atoms. The van der Waals surface area contributed by atoms with Gasteiger partial charge in [0.25, 0.3) is 5.56 Å². The fraction of sp³-hybridized carbons (Fsp3) is 0.423. The topological polar surface area (TPSA) is 117 Å². The first kappa shape index (κ1) is 25.0. The van der Waals surface area contributed by atoms with Crippen LogP contribution >= 0.6 is 0 Å². The van der Waals surface area contributed by atoms with Crippen molar-refractivity contribution in [2.75, 3.05) is 26.3 Å². The Balaban J connectivity index is 1.55. The largest absolute Gasteiger partial charge is 0.476 e. The van der Waals surface area contributed by atoms with E-state index >= 15 is 0 Å². The lowest BCUT2D eigenvalue weighted by atomic mass is 10.0. The van der Waals surface area contributed by atoms with Crippen molar-refractivity contribution in [2.24, 2.45) is 7.05 Å². The van der Waals surface area contributed by atoms with E-state index in [1.807, 2.05) is 23.8 Å². The Hall–Kier alpha value is -3.70. The summed E-state index contributed by atoms with van der Waals surface area (Å²) in [7, 11) is 1.59. The minimum atomic E-state index is -0.504. The second kappa shape index (κ2) is 10.7. The first-order valence-corrected chi connectivity index (χ1v) is 12.7. The number of aliphatic hydroxyl groups excluding tert-OH is 1. The van der Waals surface area contributed by atoms with Crippen LogP contribution in [-0.2, 0) is 20.1 Å². The highest BCUT2D eigenvalue weighted by Crippen LogP contribution is 2.30. The maximum Gasteiger partial charge on any atom is 0.274 e. The number of H-pyrrole nitrogens is 2. The molecule has 1 saturated heterocycles. The third kappa shape index (κ3) is 4.96. The number of fused-ring (bicyclic) bond motifs is 1. The molecule has 0 aliphatic carbocycles. The molecular weight excluding hydrogens is 477 g/mol. The molecule has 37 heavy (non-hydrogen) atoms. The van der Waals surface area contributed by atoms with Crippen LogP contribution in [0.2, 0.25) is 0 Å². The van der Waals surface area contributed by atoms with Crippen molar-refractivity contribution < 1.29 is 14.2 Å². The molecule has 4 aromatic rings. The third-order valence-electron chi connectivity index (χ3n) is 6.79. The van der Waals surface area contributed by atoms with Gasteiger partial charge in [-0.2, -0.15) is 5.10 Å². The van der Waals surface area contributed by atoms with Crippen molar-refractivity contribution in [3.05, 3.63) is 51.5 Å². The summed E-state index contributed by atoms with van der Waals surface area (Å²) in [4.78, 5) is 14.8. The number of halogens is 1. The van der Waals surface area contributed by atoms with Crippen molar-refractivity contribution in [3.63, 3.8) is 0 Å². The van der Waals surface area contributed by atoms with Crippen LogP contribution in [0, 0.1) is 5.82 Å². The summed E-state index contributed by atoms with van der Waals surface area (Å²) in [6, 6.07) is 3.00. The van der Waals surface area contributed by atoms with E-state index in [0.717, 1.165) is 24.3 Å². The summed E-state index contributed by atoms with van der Waals surface area (Å²) >= 11 is 0. The summed E-state index contributed by atoms with van der Waals surface area (Å²) < 4.78 is 23.8. The molecule has 1 aliphatic heterocycles. The van der Waals surface area contributed by atoms with Crippen LogP contribution < -0.4 is 10.3 Å². The van der Waals surface area contributed by atoms with Gasteiger partial charge in [0, 0.05) is 36.8 Å². The number of likely N-dealkylation sites (tertiary alicyclic amines) is 1. The Kier molecular flexibility index (Phi) is 7.24. The molecule has 0 unspecified atom stereocenters. The van der Waals surface area contributed by atoms with Crippen LogP contribution in [0.15, 0.2) is 23.1 Å². The maximum atomic E-state index is 14.9. The van der Waals surface area contributed by atoms with Gasteiger partial charge in [-0.15, -0.1) is 5.10 Å². The fourth-order valence-electron chi connectivity index (χ4n) is 4.88. The average molecular weight is 510 g/mol. The van der Waals surface area contributed by atoms with Crippen LogP contribution in [0.5, 0.6) is 5.88 Å². The molecule has 3 aromatic heterocycles. The first-order chi connectivity index (χ1) is 18.0. The number of rotatable bonds is 9. The molecule has 11 heteroatoms. The highest BCUT2D eigenvalue weighted by Gasteiger charge is 2.21. The van der Waals surface area contributed by atoms with Gasteiger partial charge in [0.05, 0.1) is 47.8 Å². The Labute approximate surface area is 213 Å². The van der Waals surface area contributed by atoms with E-state index in [0.29, 0.717) is 42.2 Å². The predicted octanol–water partition coefficient (Wildman–Crippen LogP) is 3.14. The summed E-state index contributed by atoms with van der Waals surface area (Å²) in [6.07, 6.45) is 8.84. The summed E-state index contributed by atoms with van der Waals surface area (Å²) in [6.45, 7) is 5.46. The van der Waals surface area contributed by atoms with E-state index in [1.165, 1.54) is 36.2 Å². The van der Waals surface area contributed by atoms with Gasteiger partial charge in [-0.1, -0.05) is 6.42 Å². The van der Waals surface area contributed by atoms with Crippen LogP contribution in [-0.4, -0.2) is 66.1 Å². The van der Waals surface area contributed by atoms with Crippen molar-refractivity contribution in [3.8, 4) is 17.0 Å². The lowest BCUT2D eigenvalue weighted by Gasteiger charge is -2.26. The van der Waals surface area contributed by atoms with Gasteiger partial charge in [0.15, 0.2) is 0 Å². The van der Waals surface area contributed by atoms with E-state index in [2.05, 4.69) is 25.3 Å². The first-order valence-electron chi connectivity index (χ1n) is 12.7. The van der Waals surface area contributed by atoms with Crippen LogP contribution in [0.25, 0.3) is 34.2 Å². The van der Waals surface area contributed by atoms with Crippen molar-refractivity contribution >= 4 is 23.1 Å². The molecule has 0 radical (unpaired) electrons. The number of benzene rings is 1. The SMILES string of the molecule is CCOc1nn(CCO)c(CN2CCCCC2)c1/C=C/c1n[nH]c2cc(F)c(-c3c[nH]n(C)c3=O)cc12. The third-order valence-corrected chi connectivity index (χ3v) is 6.79. The summed E-state index contributed by atoms with van der Waals surface area (Å²) in [5.74, 6) is -0.00212. The van der Waals surface area contributed by atoms with E-state index in [1.54, 1.807) is 13.1 Å². The Bertz CT molecular complexity index is 1470. The summed E-state index contributed by atoms with van der Waals surface area (Å²) in [5, 5.41) is 25.0.